The van der Waals surface area contributed by atoms with Crippen LogP contribution in [-0.4, -0.2) is 26.1 Å². The van der Waals surface area contributed by atoms with Crippen LogP contribution in [-0.2, 0) is 0 Å². The van der Waals surface area contributed by atoms with Gasteiger partial charge in [0.05, 0.1) is 8.07 Å². The van der Waals surface area contributed by atoms with E-state index in [-0.39, 0.29) is 0 Å². The van der Waals surface area contributed by atoms with Gasteiger partial charge in [-0.25, -0.2) is 0 Å². The number of hydrogen-bond acceptors (Lipinski definition) is 1. The van der Waals surface area contributed by atoms with Gasteiger partial charge in [-0.15, -0.1) is 0 Å². The van der Waals surface area contributed by atoms with Crippen LogP contribution in [0.3, 0.4) is 0 Å². The molecule has 0 unspecified atom stereocenters. The summed E-state index contributed by atoms with van der Waals surface area (Å²) in [6.07, 6.45) is 9.09. The van der Waals surface area contributed by atoms with Gasteiger partial charge in [0.1, 0.15) is 0 Å². The van der Waals surface area contributed by atoms with E-state index < -0.39 is 8.07 Å². The third kappa shape index (κ3) is 3.97. The van der Waals surface area contributed by atoms with Crippen molar-refractivity contribution in [1.82, 2.24) is 4.90 Å². The Balaban J connectivity index is 2.38. The molecule has 1 nitrogen and oxygen atoms in total. The molecule has 1 aliphatic rings. The molecule has 0 saturated carbocycles. The van der Waals surface area contributed by atoms with Gasteiger partial charge in [-0.2, -0.15) is 0 Å². The quantitative estimate of drug-likeness (QED) is 0.617. The molecule has 0 aromatic rings. The molecule has 1 fully saturated rings. The molecule has 0 aromatic heterocycles. The Kier molecular flexibility index (Phi) is 6.18. The lowest BCUT2D eigenvalue weighted by atomic mass is 10.1. The largest absolute Gasteiger partial charge is 0.378 e. The topological polar surface area (TPSA) is 3.24 Å². The van der Waals surface area contributed by atoms with Crippen LogP contribution in [0.5, 0.6) is 0 Å². The van der Waals surface area contributed by atoms with E-state index in [1.807, 2.05) is 0 Å². The van der Waals surface area contributed by atoms with Gasteiger partial charge in [0.15, 0.2) is 0 Å². The minimum absolute atomic E-state index is 0.915. The Labute approximate surface area is 103 Å². The number of likely N-dealkylation sites (tertiary alicyclic amines) is 1. The maximum absolute atomic E-state index is 2.52. The first kappa shape index (κ1) is 13.8. The molecule has 16 heavy (non-hydrogen) atoms. The fourth-order valence-corrected chi connectivity index (χ4v) is 5.67. The summed E-state index contributed by atoms with van der Waals surface area (Å²) in [5.74, 6) is 0. The van der Waals surface area contributed by atoms with Gasteiger partial charge in [-0.3, -0.25) is 0 Å². The molecule has 0 aromatic carbocycles. The van der Waals surface area contributed by atoms with E-state index in [1.54, 1.807) is 0 Å². The van der Waals surface area contributed by atoms with Crippen molar-refractivity contribution in [2.45, 2.75) is 64.2 Å². The Hall–Kier alpha value is -0.243. The predicted octanol–water partition coefficient (Wildman–Crippen LogP) is 4.49. The van der Waals surface area contributed by atoms with Gasteiger partial charge in [0, 0.05) is 13.1 Å². The molecule has 0 atom stereocenters. The fraction of sp³-hybridized carbons (Fsp3) is 0.857. The van der Waals surface area contributed by atoms with E-state index in [2.05, 4.69) is 37.9 Å². The van der Waals surface area contributed by atoms with Crippen molar-refractivity contribution in [1.29, 1.82) is 0 Å². The smallest absolute Gasteiger partial charge is 0.0565 e. The fourth-order valence-electron chi connectivity index (χ4n) is 2.70. The highest BCUT2D eigenvalue weighted by Crippen LogP contribution is 2.25. The lowest BCUT2D eigenvalue weighted by Gasteiger charge is -2.28. The van der Waals surface area contributed by atoms with E-state index >= 15 is 0 Å². The summed E-state index contributed by atoms with van der Waals surface area (Å²) in [5, 5.41) is 0. The van der Waals surface area contributed by atoms with Crippen molar-refractivity contribution in [2.75, 3.05) is 13.1 Å². The zero-order valence-electron chi connectivity index (χ0n) is 11.5. The zero-order valence-corrected chi connectivity index (χ0v) is 12.5. The summed E-state index contributed by atoms with van der Waals surface area (Å²) >= 11 is 0. The molecule has 0 amide bonds. The lowest BCUT2D eigenvalue weighted by molar-refractivity contribution is 0.309. The molecule has 1 rings (SSSR count). The van der Waals surface area contributed by atoms with E-state index in [0.717, 1.165) is 0 Å². The first-order valence-electron chi connectivity index (χ1n) is 7.17. The first-order chi connectivity index (χ1) is 7.76. The number of piperidine rings is 1. The van der Waals surface area contributed by atoms with E-state index in [9.17, 15) is 0 Å². The highest BCUT2D eigenvalue weighted by molar-refractivity contribution is 6.80. The SMILES string of the molecule is CC[Si](CC)(CC)C/C=C/N1CCCCC1. The van der Waals surface area contributed by atoms with Crippen molar-refractivity contribution in [3.8, 4) is 0 Å². The normalized spacial score (nSPS) is 18.3. The van der Waals surface area contributed by atoms with Gasteiger partial charge in [0.2, 0.25) is 0 Å². The van der Waals surface area contributed by atoms with Crippen LogP contribution < -0.4 is 0 Å². The Morgan fingerprint density at radius 3 is 2.00 bits per heavy atom. The monoisotopic (exact) mass is 239 g/mol. The van der Waals surface area contributed by atoms with Gasteiger partial charge >= 0.3 is 0 Å². The minimum atomic E-state index is -0.915. The van der Waals surface area contributed by atoms with Crippen molar-refractivity contribution >= 4 is 8.07 Å². The molecule has 94 valence electrons. The second-order valence-corrected chi connectivity index (χ2v) is 10.8. The van der Waals surface area contributed by atoms with Crippen molar-refractivity contribution < 1.29 is 0 Å². The maximum atomic E-state index is 2.52. The van der Waals surface area contributed by atoms with Crippen molar-refractivity contribution in [3.05, 3.63) is 12.3 Å². The van der Waals surface area contributed by atoms with Crippen molar-refractivity contribution in [2.24, 2.45) is 0 Å². The first-order valence-corrected chi connectivity index (χ1v) is 10.00. The summed E-state index contributed by atoms with van der Waals surface area (Å²) in [6, 6.07) is 5.74. The zero-order chi connectivity index (χ0) is 11.9. The van der Waals surface area contributed by atoms with Crippen LogP contribution >= 0.6 is 0 Å². The van der Waals surface area contributed by atoms with Gasteiger partial charge in [-0.1, -0.05) is 45.0 Å². The Morgan fingerprint density at radius 1 is 0.938 bits per heavy atom. The number of hydrogen-bond donors (Lipinski definition) is 0. The van der Waals surface area contributed by atoms with Gasteiger partial charge in [0.25, 0.3) is 0 Å². The highest BCUT2D eigenvalue weighted by atomic mass is 28.3. The van der Waals surface area contributed by atoms with Crippen molar-refractivity contribution in [3.63, 3.8) is 0 Å². The second kappa shape index (κ2) is 7.15. The predicted molar refractivity (Wildman–Crippen MR) is 76.6 cm³/mol. The Morgan fingerprint density at radius 2 is 1.50 bits per heavy atom. The highest BCUT2D eigenvalue weighted by Gasteiger charge is 2.24. The molecule has 0 bridgehead atoms. The third-order valence-corrected chi connectivity index (χ3v) is 10.1. The molecule has 0 N–H and O–H groups in total. The number of nitrogens with zero attached hydrogens (tertiary/aromatic N) is 1. The van der Waals surface area contributed by atoms with Gasteiger partial charge < -0.3 is 4.90 Å². The van der Waals surface area contributed by atoms with E-state index in [4.69, 9.17) is 0 Å². The average molecular weight is 239 g/mol. The van der Waals surface area contributed by atoms with Crippen LogP contribution in [0, 0.1) is 0 Å². The standard InChI is InChI=1S/C14H29NSi/c1-4-16(5-2,6-3)14-10-13-15-11-8-7-9-12-15/h10,13H,4-9,11-12,14H2,1-3H3/b13-10+. The number of rotatable bonds is 6. The van der Waals surface area contributed by atoms with Gasteiger partial charge in [-0.05, 0) is 31.5 Å². The minimum Gasteiger partial charge on any atom is -0.378 e. The molecule has 0 spiro atoms. The van der Waals surface area contributed by atoms with Crippen LogP contribution in [0.2, 0.25) is 24.2 Å². The molecule has 0 radical (unpaired) electrons. The summed E-state index contributed by atoms with van der Waals surface area (Å²) < 4.78 is 0. The summed E-state index contributed by atoms with van der Waals surface area (Å²) in [7, 11) is -0.915. The lowest BCUT2D eigenvalue weighted by Crippen LogP contribution is -2.30. The molecule has 1 saturated heterocycles. The molecule has 2 heteroatoms. The average Bonchev–Trinajstić information content (AvgIpc) is 2.37. The second-order valence-electron chi connectivity index (χ2n) is 5.25. The summed E-state index contributed by atoms with van der Waals surface area (Å²) in [5.41, 5.74) is 0. The van der Waals surface area contributed by atoms with Crippen LogP contribution in [0.1, 0.15) is 40.0 Å². The molecular weight excluding hydrogens is 210 g/mol. The molecule has 0 aliphatic carbocycles. The van der Waals surface area contributed by atoms with Crippen LogP contribution in [0.25, 0.3) is 0 Å². The molecule has 1 aliphatic heterocycles. The Bertz CT molecular complexity index is 195. The number of allylic oxidation sites excluding steroid dienone is 1. The van der Waals surface area contributed by atoms with Crippen LogP contribution in [0.4, 0.5) is 0 Å². The molecular formula is C14H29NSi. The van der Waals surface area contributed by atoms with E-state index in [0.29, 0.717) is 0 Å². The van der Waals surface area contributed by atoms with Crippen LogP contribution in [0.15, 0.2) is 12.3 Å². The van der Waals surface area contributed by atoms with E-state index in [1.165, 1.54) is 56.5 Å². The summed E-state index contributed by atoms with van der Waals surface area (Å²) in [6.45, 7) is 9.76. The third-order valence-electron chi connectivity index (χ3n) is 4.51. The maximum Gasteiger partial charge on any atom is 0.0565 e. The molecule has 1 heterocycles. The summed E-state index contributed by atoms with van der Waals surface area (Å²) in [4.78, 5) is 2.52.